The number of carbonyl (C=O) groups is 1. The number of pyridine rings is 2. The fourth-order valence-electron chi connectivity index (χ4n) is 4.05. The second-order valence-corrected chi connectivity index (χ2v) is 7.47. The average Bonchev–Trinajstić information content (AvgIpc) is 3.46. The molecule has 0 aliphatic carbocycles. The van der Waals surface area contributed by atoms with Crippen molar-refractivity contribution in [1.29, 1.82) is 0 Å². The third-order valence-corrected chi connectivity index (χ3v) is 5.56. The number of anilines is 2. The van der Waals surface area contributed by atoms with Gasteiger partial charge in [0.2, 0.25) is 0 Å². The maximum Gasteiger partial charge on any atom is 0.254 e. The first-order valence-electron chi connectivity index (χ1n) is 10.2. The number of aromatic nitrogens is 4. The Morgan fingerprint density at radius 3 is 2.84 bits per heavy atom. The van der Waals surface area contributed by atoms with Gasteiger partial charge in [-0.25, -0.2) is 4.52 Å². The normalized spacial score (nSPS) is 15.9. The highest BCUT2D eigenvalue weighted by molar-refractivity contribution is 5.94. The van der Waals surface area contributed by atoms with Crippen molar-refractivity contribution in [2.75, 3.05) is 19.0 Å². The lowest BCUT2D eigenvalue weighted by atomic mass is 10.1. The summed E-state index contributed by atoms with van der Waals surface area (Å²) in [6, 6.07) is 15.1. The predicted octanol–water partition coefficient (Wildman–Crippen LogP) is 3.85. The van der Waals surface area contributed by atoms with Gasteiger partial charge >= 0.3 is 0 Å². The van der Waals surface area contributed by atoms with Crippen LogP contribution in [-0.2, 0) is 0 Å². The molecule has 0 saturated carbocycles. The second kappa shape index (κ2) is 8.06. The van der Waals surface area contributed by atoms with Crippen LogP contribution in [0.3, 0.4) is 0 Å². The van der Waals surface area contributed by atoms with Gasteiger partial charge in [-0.1, -0.05) is 11.3 Å². The molecule has 0 spiro atoms. The van der Waals surface area contributed by atoms with Crippen molar-refractivity contribution in [1.82, 2.24) is 24.7 Å². The molecule has 156 valence electrons. The van der Waals surface area contributed by atoms with Crippen molar-refractivity contribution in [2.24, 2.45) is 0 Å². The van der Waals surface area contributed by atoms with E-state index in [4.69, 9.17) is 4.74 Å². The largest absolute Gasteiger partial charge is 0.497 e. The number of nitrogens with zero attached hydrogens (tertiary/aromatic N) is 5. The van der Waals surface area contributed by atoms with Crippen molar-refractivity contribution < 1.29 is 9.53 Å². The van der Waals surface area contributed by atoms with Crippen LogP contribution in [0, 0.1) is 0 Å². The van der Waals surface area contributed by atoms with Gasteiger partial charge in [0.1, 0.15) is 11.4 Å². The van der Waals surface area contributed by atoms with Crippen LogP contribution in [-0.4, -0.2) is 44.3 Å². The van der Waals surface area contributed by atoms with E-state index in [1.54, 1.807) is 36.2 Å². The molecule has 1 N–H and O–H groups in total. The van der Waals surface area contributed by atoms with Crippen LogP contribution in [0.4, 0.5) is 11.4 Å². The van der Waals surface area contributed by atoms with Crippen molar-refractivity contribution >= 4 is 22.8 Å². The van der Waals surface area contributed by atoms with Crippen LogP contribution in [0.25, 0.3) is 5.52 Å². The number of fused-ring (bicyclic) bond motifs is 1. The average molecular weight is 414 g/mol. The first kappa shape index (κ1) is 19.0. The lowest BCUT2D eigenvalue weighted by molar-refractivity contribution is 0.0733. The monoisotopic (exact) mass is 414 g/mol. The van der Waals surface area contributed by atoms with Crippen LogP contribution in [0.15, 0.2) is 67.1 Å². The van der Waals surface area contributed by atoms with E-state index in [-0.39, 0.29) is 11.9 Å². The zero-order valence-corrected chi connectivity index (χ0v) is 17.1. The van der Waals surface area contributed by atoms with Crippen molar-refractivity contribution in [3.8, 4) is 5.75 Å². The lowest BCUT2D eigenvalue weighted by Gasteiger charge is -2.23. The Kier molecular flexibility index (Phi) is 4.95. The van der Waals surface area contributed by atoms with E-state index in [0.717, 1.165) is 41.2 Å². The van der Waals surface area contributed by atoms with E-state index in [0.29, 0.717) is 12.1 Å². The Balaban J connectivity index is 1.41. The van der Waals surface area contributed by atoms with Gasteiger partial charge in [-0.05, 0) is 49.2 Å². The van der Waals surface area contributed by atoms with Crippen molar-refractivity contribution in [3.63, 3.8) is 0 Å². The van der Waals surface area contributed by atoms with Gasteiger partial charge in [0, 0.05) is 36.3 Å². The minimum absolute atomic E-state index is 0.00219. The standard InChI is InChI=1S/C23H22N6O2/c1-31-19-5-2-4-17(14-19)25-18-7-8-21-22(26-27-29(21)15-18)20-6-3-13-28(20)23(30)16-9-11-24-12-10-16/h2,4-5,7-12,14-15,20,25H,3,6,13H2,1H3/t20-/m1/s1. The summed E-state index contributed by atoms with van der Waals surface area (Å²) in [6.45, 7) is 0.709. The summed E-state index contributed by atoms with van der Waals surface area (Å²) in [6.07, 6.45) is 6.99. The Hall–Kier alpha value is -3.94. The summed E-state index contributed by atoms with van der Waals surface area (Å²) in [4.78, 5) is 18.9. The molecule has 4 heterocycles. The molecule has 31 heavy (non-hydrogen) atoms. The molecule has 3 aromatic heterocycles. The zero-order chi connectivity index (χ0) is 21.2. The third kappa shape index (κ3) is 3.68. The van der Waals surface area contributed by atoms with Gasteiger partial charge < -0.3 is 15.0 Å². The highest BCUT2D eigenvalue weighted by Crippen LogP contribution is 2.34. The number of benzene rings is 1. The number of methoxy groups -OCH3 is 1. The number of carbonyl (C=O) groups excluding carboxylic acids is 1. The van der Waals surface area contributed by atoms with Gasteiger partial charge in [0.25, 0.3) is 5.91 Å². The Morgan fingerprint density at radius 1 is 1.13 bits per heavy atom. The molecule has 1 aliphatic rings. The molecular weight excluding hydrogens is 392 g/mol. The number of likely N-dealkylation sites (tertiary alicyclic amines) is 1. The summed E-state index contributed by atoms with van der Waals surface area (Å²) in [7, 11) is 1.65. The number of rotatable bonds is 5. The van der Waals surface area contributed by atoms with Gasteiger partial charge in [-0.2, -0.15) is 0 Å². The van der Waals surface area contributed by atoms with Gasteiger partial charge in [-0.3, -0.25) is 9.78 Å². The maximum absolute atomic E-state index is 13.0. The molecule has 1 aliphatic heterocycles. The summed E-state index contributed by atoms with van der Waals surface area (Å²) >= 11 is 0. The second-order valence-electron chi connectivity index (χ2n) is 7.47. The minimum atomic E-state index is -0.0876. The molecule has 0 unspecified atom stereocenters. The summed E-state index contributed by atoms with van der Waals surface area (Å²) in [5.74, 6) is 0.789. The minimum Gasteiger partial charge on any atom is -0.497 e. The highest BCUT2D eigenvalue weighted by atomic mass is 16.5. The van der Waals surface area contributed by atoms with Gasteiger partial charge in [0.05, 0.1) is 30.6 Å². The van der Waals surface area contributed by atoms with E-state index in [1.807, 2.05) is 47.5 Å². The number of ether oxygens (including phenoxy) is 1. The van der Waals surface area contributed by atoms with Crippen LogP contribution < -0.4 is 10.1 Å². The molecule has 5 rings (SSSR count). The Bertz CT molecular complexity index is 1220. The molecule has 0 radical (unpaired) electrons. The fraction of sp³-hybridized carbons (Fsp3) is 0.217. The molecular formula is C23H22N6O2. The first-order valence-corrected chi connectivity index (χ1v) is 10.2. The number of hydrogen-bond donors (Lipinski definition) is 1. The highest BCUT2D eigenvalue weighted by Gasteiger charge is 2.33. The van der Waals surface area contributed by atoms with Gasteiger partial charge in [-0.15, -0.1) is 5.10 Å². The SMILES string of the molecule is COc1cccc(Nc2ccc3c([C@H]4CCCN4C(=O)c4ccncc4)nnn3c2)c1. The van der Waals surface area contributed by atoms with E-state index in [1.165, 1.54) is 0 Å². The first-order chi connectivity index (χ1) is 15.2. The Morgan fingerprint density at radius 2 is 2.00 bits per heavy atom. The predicted molar refractivity (Wildman–Crippen MR) is 117 cm³/mol. The van der Waals surface area contributed by atoms with Crippen molar-refractivity contribution in [2.45, 2.75) is 18.9 Å². The van der Waals surface area contributed by atoms with Gasteiger partial charge in [0.15, 0.2) is 0 Å². The molecule has 0 bridgehead atoms. The molecule has 1 aromatic carbocycles. The Labute approximate surface area is 179 Å². The molecule has 8 nitrogen and oxygen atoms in total. The van der Waals surface area contributed by atoms with Crippen LogP contribution in [0.5, 0.6) is 5.75 Å². The van der Waals surface area contributed by atoms with Crippen LogP contribution >= 0.6 is 0 Å². The maximum atomic E-state index is 13.0. The smallest absolute Gasteiger partial charge is 0.254 e. The molecule has 1 atom stereocenters. The molecule has 1 fully saturated rings. The van der Waals surface area contributed by atoms with Crippen LogP contribution in [0.2, 0.25) is 0 Å². The summed E-state index contributed by atoms with van der Waals surface area (Å²) in [5.41, 5.74) is 4.17. The van der Waals surface area contributed by atoms with Crippen LogP contribution in [0.1, 0.15) is 34.9 Å². The van der Waals surface area contributed by atoms with Crippen molar-refractivity contribution in [3.05, 3.63) is 78.4 Å². The fourth-order valence-corrected chi connectivity index (χ4v) is 4.05. The molecule has 8 heteroatoms. The summed E-state index contributed by atoms with van der Waals surface area (Å²) in [5, 5.41) is 12.1. The quantitative estimate of drug-likeness (QED) is 0.534. The van der Waals surface area contributed by atoms with E-state index < -0.39 is 0 Å². The molecule has 1 amide bonds. The zero-order valence-electron chi connectivity index (χ0n) is 17.1. The molecule has 4 aromatic rings. The number of amides is 1. The number of hydrogen-bond acceptors (Lipinski definition) is 6. The lowest BCUT2D eigenvalue weighted by Crippen LogP contribution is -2.30. The number of nitrogens with one attached hydrogen (secondary N) is 1. The van der Waals surface area contributed by atoms with E-state index in [2.05, 4.69) is 20.6 Å². The third-order valence-electron chi connectivity index (χ3n) is 5.56. The van der Waals surface area contributed by atoms with E-state index >= 15 is 0 Å². The summed E-state index contributed by atoms with van der Waals surface area (Å²) < 4.78 is 7.04. The topological polar surface area (TPSA) is 84.6 Å². The molecule has 1 saturated heterocycles. The van der Waals surface area contributed by atoms with E-state index in [9.17, 15) is 4.79 Å².